The quantitative estimate of drug-likeness (QED) is 0.849. The van der Waals surface area contributed by atoms with Crippen LogP contribution < -0.4 is 10.6 Å². The predicted molar refractivity (Wildman–Crippen MR) is 73.8 cm³/mol. The fourth-order valence-electron chi connectivity index (χ4n) is 2.24. The van der Waals surface area contributed by atoms with Crippen molar-refractivity contribution in [3.05, 3.63) is 29.8 Å². The first-order chi connectivity index (χ1) is 9.20. The molecule has 19 heavy (non-hydrogen) atoms. The van der Waals surface area contributed by atoms with E-state index in [2.05, 4.69) is 16.7 Å². The topological polar surface area (TPSA) is 68.2 Å². The van der Waals surface area contributed by atoms with Crippen molar-refractivity contribution in [2.45, 2.75) is 18.9 Å². The minimum Gasteiger partial charge on any atom is -0.325 e. The average molecular weight is 258 g/mol. The number of carbonyl (C=O) groups excluding carboxylic acids is 1. The van der Waals surface area contributed by atoms with E-state index in [0.717, 1.165) is 25.9 Å². The second kappa shape index (κ2) is 6.21. The maximum Gasteiger partial charge on any atom is 0.321 e. The lowest BCUT2D eigenvalue weighted by molar-refractivity contribution is 0.189. The number of urea groups is 1. The molecule has 1 aromatic rings. The van der Waals surface area contributed by atoms with Crippen LogP contribution in [0, 0.1) is 11.3 Å². The monoisotopic (exact) mass is 258 g/mol. The highest BCUT2D eigenvalue weighted by molar-refractivity contribution is 5.89. The van der Waals surface area contributed by atoms with Gasteiger partial charge in [-0.05, 0) is 44.1 Å². The van der Waals surface area contributed by atoms with Crippen LogP contribution in [-0.2, 0) is 0 Å². The van der Waals surface area contributed by atoms with Gasteiger partial charge in [0.1, 0.15) is 0 Å². The zero-order valence-electron chi connectivity index (χ0n) is 11.0. The van der Waals surface area contributed by atoms with Gasteiger partial charge in [-0.3, -0.25) is 0 Å². The molecule has 0 atom stereocenters. The third-order valence-electron chi connectivity index (χ3n) is 3.42. The number of hydrogen-bond donors (Lipinski definition) is 2. The summed E-state index contributed by atoms with van der Waals surface area (Å²) in [6.07, 6.45) is 1.95. The SMILES string of the molecule is CN(C(=O)Nc1cccc(C#N)c1)C1CCNCC1. The number of hydrogen-bond acceptors (Lipinski definition) is 3. The van der Waals surface area contributed by atoms with E-state index < -0.39 is 0 Å². The Morgan fingerprint density at radius 1 is 1.47 bits per heavy atom. The Morgan fingerprint density at radius 2 is 2.21 bits per heavy atom. The Bertz CT molecular complexity index is 488. The van der Waals surface area contributed by atoms with E-state index in [-0.39, 0.29) is 12.1 Å². The van der Waals surface area contributed by atoms with Crippen LogP contribution in [0.15, 0.2) is 24.3 Å². The Labute approximate surface area is 113 Å². The fraction of sp³-hybridized carbons (Fsp3) is 0.429. The Kier molecular flexibility index (Phi) is 4.37. The van der Waals surface area contributed by atoms with E-state index in [1.54, 1.807) is 29.2 Å². The third kappa shape index (κ3) is 3.46. The van der Waals surface area contributed by atoms with Gasteiger partial charge in [0.05, 0.1) is 11.6 Å². The molecule has 0 aliphatic carbocycles. The first-order valence-corrected chi connectivity index (χ1v) is 6.45. The Balaban J connectivity index is 1.97. The highest BCUT2D eigenvalue weighted by atomic mass is 16.2. The summed E-state index contributed by atoms with van der Waals surface area (Å²) in [5.41, 5.74) is 1.20. The molecular formula is C14H18N4O. The molecule has 2 N–H and O–H groups in total. The number of rotatable bonds is 2. The largest absolute Gasteiger partial charge is 0.325 e. The van der Waals surface area contributed by atoms with Crippen molar-refractivity contribution in [2.24, 2.45) is 0 Å². The normalized spacial score (nSPS) is 15.6. The smallest absolute Gasteiger partial charge is 0.321 e. The molecule has 1 aliphatic heterocycles. The number of nitriles is 1. The van der Waals surface area contributed by atoms with E-state index in [9.17, 15) is 4.79 Å². The van der Waals surface area contributed by atoms with Crippen LogP contribution in [0.1, 0.15) is 18.4 Å². The first-order valence-electron chi connectivity index (χ1n) is 6.45. The molecule has 0 bridgehead atoms. The van der Waals surface area contributed by atoms with E-state index in [4.69, 9.17) is 5.26 Å². The minimum atomic E-state index is -0.123. The van der Waals surface area contributed by atoms with E-state index in [1.165, 1.54) is 0 Å². The van der Waals surface area contributed by atoms with Gasteiger partial charge in [0.25, 0.3) is 0 Å². The maximum absolute atomic E-state index is 12.1. The lowest BCUT2D eigenvalue weighted by atomic mass is 10.1. The molecule has 0 unspecified atom stereocenters. The Morgan fingerprint density at radius 3 is 2.89 bits per heavy atom. The summed E-state index contributed by atoms with van der Waals surface area (Å²) in [6, 6.07) is 9.15. The predicted octanol–water partition coefficient (Wildman–Crippen LogP) is 1.77. The average Bonchev–Trinajstić information content (AvgIpc) is 2.47. The van der Waals surface area contributed by atoms with Gasteiger partial charge in [-0.2, -0.15) is 5.26 Å². The number of anilines is 1. The molecule has 5 nitrogen and oxygen atoms in total. The Hall–Kier alpha value is -2.06. The fourth-order valence-corrected chi connectivity index (χ4v) is 2.24. The van der Waals surface area contributed by atoms with Crippen LogP contribution >= 0.6 is 0 Å². The molecule has 0 aromatic heterocycles. The summed E-state index contributed by atoms with van der Waals surface area (Å²) in [5.74, 6) is 0. The van der Waals surface area contributed by atoms with Gasteiger partial charge in [0.15, 0.2) is 0 Å². The number of amides is 2. The summed E-state index contributed by atoms with van der Waals surface area (Å²) in [4.78, 5) is 13.9. The molecule has 0 radical (unpaired) electrons. The number of carbonyl (C=O) groups is 1. The molecule has 2 rings (SSSR count). The molecule has 0 saturated carbocycles. The molecule has 5 heteroatoms. The first kappa shape index (κ1) is 13.4. The van der Waals surface area contributed by atoms with Crippen LogP contribution in [0.25, 0.3) is 0 Å². The van der Waals surface area contributed by atoms with Crippen LogP contribution in [0.4, 0.5) is 10.5 Å². The maximum atomic E-state index is 12.1. The van der Waals surface area contributed by atoms with Crippen LogP contribution in [-0.4, -0.2) is 37.1 Å². The molecule has 1 fully saturated rings. The van der Waals surface area contributed by atoms with Gasteiger partial charge in [-0.1, -0.05) is 6.07 Å². The standard InChI is InChI=1S/C14H18N4O/c1-18(13-5-7-16-8-6-13)14(19)17-12-4-2-3-11(9-12)10-15/h2-4,9,13,16H,5-8H2,1H3,(H,17,19). The van der Waals surface area contributed by atoms with Gasteiger partial charge in [-0.25, -0.2) is 4.79 Å². The van der Waals surface area contributed by atoms with Crippen molar-refractivity contribution in [1.29, 1.82) is 5.26 Å². The summed E-state index contributed by atoms with van der Waals surface area (Å²) < 4.78 is 0. The highest BCUT2D eigenvalue weighted by Crippen LogP contribution is 2.14. The van der Waals surface area contributed by atoms with Crippen molar-refractivity contribution in [2.75, 3.05) is 25.5 Å². The van der Waals surface area contributed by atoms with Crippen LogP contribution in [0.5, 0.6) is 0 Å². The molecule has 0 spiro atoms. The number of nitrogens with zero attached hydrogens (tertiary/aromatic N) is 2. The van der Waals surface area contributed by atoms with Gasteiger partial charge in [-0.15, -0.1) is 0 Å². The summed E-state index contributed by atoms with van der Waals surface area (Å²) in [6.45, 7) is 1.90. The van der Waals surface area contributed by atoms with Crippen LogP contribution in [0.2, 0.25) is 0 Å². The zero-order valence-corrected chi connectivity index (χ0v) is 11.0. The minimum absolute atomic E-state index is 0.123. The second-order valence-corrected chi connectivity index (χ2v) is 4.71. The third-order valence-corrected chi connectivity index (χ3v) is 3.42. The van der Waals surface area contributed by atoms with E-state index in [0.29, 0.717) is 11.3 Å². The number of benzene rings is 1. The van der Waals surface area contributed by atoms with E-state index >= 15 is 0 Å². The molecule has 100 valence electrons. The molecular weight excluding hydrogens is 240 g/mol. The summed E-state index contributed by atoms with van der Waals surface area (Å²) in [5, 5.41) is 14.9. The molecule has 1 aliphatic rings. The van der Waals surface area contributed by atoms with Gasteiger partial charge < -0.3 is 15.5 Å². The van der Waals surface area contributed by atoms with Crippen molar-refractivity contribution in [3.8, 4) is 6.07 Å². The summed E-state index contributed by atoms with van der Waals surface area (Å²) in [7, 11) is 1.82. The zero-order chi connectivity index (χ0) is 13.7. The lowest BCUT2D eigenvalue weighted by Gasteiger charge is -2.31. The molecule has 1 heterocycles. The highest BCUT2D eigenvalue weighted by Gasteiger charge is 2.21. The van der Waals surface area contributed by atoms with Crippen molar-refractivity contribution < 1.29 is 4.79 Å². The van der Waals surface area contributed by atoms with Crippen molar-refractivity contribution in [3.63, 3.8) is 0 Å². The lowest BCUT2D eigenvalue weighted by Crippen LogP contribution is -2.45. The number of piperidine rings is 1. The van der Waals surface area contributed by atoms with Crippen molar-refractivity contribution >= 4 is 11.7 Å². The van der Waals surface area contributed by atoms with Crippen molar-refractivity contribution in [1.82, 2.24) is 10.2 Å². The van der Waals surface area contributed by atoms with Crippen LogP contribution in [0.3, 0.4) is 0 Å². The van der Waals surface area contributed by atoms with Gasteiger partial charge in [0, 0.05) is 18.8 Å². The van der Waals surface area contributed by atoms with Gasteiger partial charge >= 0.3 is 6.03 Å². The second-order valence-electron chi connectivity index (χ2n) is 4.71. The summed E-state index contributed by atoms with van der Waals surface area (Å²) >= 11 is 0. The molecule has 1 aromatic carbocycles. The number of nitrogens with one attached hydrogen (secondary N) is 2. The molecule has 2 amide bonds. The van der Waals surface area contributed by atoms with E-state index in [1.807, 2.05) is 7.05 Å². The van der Waals surface area contributed by atoms with Gasteiger partial charge in [0.2, 0.25) is 0 Å². The molecule has 1 saturated heterocycles.